The Morgan fingerprint density at radius 1 is 1.08 bits per heavy atom. The summed E-state index contributed by atoms with van der Waals surface area (Å²) in [6.07, 6.45) is -1.23. The van der Waals surface area contributed by atoms with Gasteiger partial charge in [-0.15, -0.1) is 0 Å². The fraction of sp³-hybridized carbons (Fsp3) is 0.588. The zero-order chi connectivity index (χ0) is 17.9. The minimum absolute atomic E-state index is 0.00735. The maximum atomic E-state index is 13.4. The van der Waals surface area contributed by atoms with Gasteiger partial charge in [0.25, 0.3) is 0 Å². The summed E-state index contributed by atoms with van der Waals surface area (Å²) < 4.78 is 35.3. The van der Waals surface area contributed by atoms with Crippen molar-refractivity contribution in [2.45, 2.75) is 58.1 Å². The van der Waals surface area contributed by atoms with Gasteiger partial charge in [-0.25, -0.2) is 0 Å². The molecule has 0 saturated carbocycles. The highest BCUT2D eigenvalue weighted by Gasteiger charge is 2.50. The van der Waals surface area contributed by atoms with E-state index in [1.165, 1.54) is 0 Å². The molecule has 1 fully saturated rings. The third-order valence-electron chi connectivity index (χ3n) is 3.55. The first kappa shape index (κ1) is 19.0. The van der Waals surface area contributed by atoms with E-state index in [1.54, 1.807) is 59.1 Å². The topological polar surface area (TPSA) is 71.1 Å². The molecule has 0 aromatic heterocycles. The van der Waals surface area contributed by atoms with Crippen molar-refractivity contribution in [1.29, 1.82) is 0 Å². The van der Waals surface area contributed by atoms with Crippen molar-refractivity contribution in [3.8, 4) is 5.75 Å². The van der Waals surface area contributed by atoms with Crippen LogP contribution >= 0.6 is 7.60 Å². The second-order valence-corrected chi connectivity index (χ2v) is 8.47. The molecule has 1 saturated heterocycles. The number of methoxy groups -OCH3 is 1. The summed E-state index contributed by atoms with van der Waals surface area (Å²) in [5, 5.41) is 0. The second kappa shape index (κ2) is 7.68. The number of hydrogen-bond acceptors (Lipinski definition) is 6. The number of hydrogen-bond donors (Lipinski definition) is 0. The molecule has 2 atom stereocenters. The first-order chi connectivity index (χ1) is 11.2. The number of carbonyl (C=O) groups is 1. The van der Waals surface area contributed by atoms with Gasteiger partial charge in [-0.3, -0.25) is 9.36 Å². The summed E-state index contributed by atoms with van der Waals surface area (Å²) in [6, 6.07) is 7.14. The van der Waals surface area contributed by atoms with Gasteiger partial charge >= 0.3 is 13.6 Å². The fourth-order valence-electron chi connectivity index (χ4n) is 2.68. The van der Waals surface area contributed by atoms with Crippen LogP contribution in [0, 0.1) is 0 Å². The number of cyclic esters (lactones) is 1. The molecule has 2 rings (SSSR count). The third kappa shape index (κ3) is 4.38. The van der Waals surface area contributed by atoms with Crippen LogP contribution < -0.4 is 4.74 Å². The molecule has 6 nitrogen and oxygen atoms in total. The average molecular weight is 356 g/mol. The zero-order valence-electron chi connectivity index (χ0n) is 14.7. The van der Waals surface area contributed by atoms with Crippen molar-refractivity contribution < 1.29 is 27.9 Å². The maximum Gasteiger partial charge on any atom is 0.338 e. The lowest BCUT2D eigenvalue weighted by Gasteiger charge is -2.29. The number of ether oxygens (including phenoxy) is 2. The van der Waals surface area contributed by atoms with Crippen LogP contribution in [0.3, 0.4) is 0 Å². The number of benzene rings is 1. The van der Waals surface area contributed by atoms with E-state index < -0.39 is 25.3 Å². The van der Waals surface area contributed by atoms with Gasteiger partial charge < -0.3 is 18.5 Å². The van der Waals surface area contributed by atoms with Crippen LogP contribution in [0.2, 0.25) is 0 Å². The molecule has 24 heavy (non-hydrogen) atoms. The van der Waals surface area contributed by atoms with Gasteiger partial charge in [-0.2, -0.15) is 0 Å². The van der Waals surface area contributed by atoms with Gasteiger partial charge in [-0.05, 0) is 45.4 Å². The number of carbonyl (C=O) groups excluding carboxylic acids is 1. The smallest absolute Gasteiger partial charge is 0.338 e. The molecule has 0 N–H and O–H groups in total. The molecular weight excluding hydrogens is 331 g/mol. The molecule has 1 aliphatic heterocycles. The van der Waals surface area contributed by atoms with Gasteiger partial charge in [0.15, 0.2) is 0 Å². The van der Waals surface area contributed by atoms with E-state index in [2.05, 4.69) is 0 Å². The summed E-state index contributed by atoms with van der Waals surface area (Å²) in [4.78, 5) is 11.9. The van der Waals surface area contributed by atoms with Gasteiger partial charge in [0.1, 0.15) is 17.5 Å². The van der Waals surface area contributed by atoms with E-state index in [4.69, 9.17) is 18.5 Å². The van der Waals surface area contributed by atoms with Crippen LogP contribution in [0.25, 0.3) is 0 Å². The number of rotatable bonds is 7. The number of esters is 1. The first-order valence-corrected chi connectivity index (χ1v) is 9.66. The van der Waals surface area contributed by atoms with E-state index in [0.29, 0.717) is 5.75 Å². The van der Waals surface area contributed by atoms with Crippen molar-refractivity contribution in [1.82, 2.24) is 0 Å². The van der Waals surface area contributed by atoms with Crippen LogP contribution in [0.5, 0.6) is 5.75 Å². The molecule has 0 spiro atoms. The predicted molar refractivity (Wildman–Crippen MR) is 90.3 cm³/mol. The predicted octanol–water partition coefficient (Wildman–Crippen LogP) is 4.09. The van der Waals surface area contributed by atoms with Crippen molar-refractivity contribution >= 4 is 13.6 Å². The lowest BCUT2D eigenvalue weighted by molar-refractivity contribution is -0.141. The molecule has 1 aromatic rings. The van der Waals surface area contributed by atoms with Crippen molar-refractivity contribution in [2.24, 2.45) is 0 Å². The van der Waals surface area contributed by atoms with Crippen molar-refractivity contribution in [2.75, 3.05) is 7.11 Å². The molecule has 134 valence electrons. The van der Waals surface area contributed by atoms with Crippen molar-refractivity contribution in [3.63, 3.8) is 0 Å². The van der Waals surface area contributed by atoms with Gasteiger partial charge in [0.05, 0.1) is 25.7 Å². The highest BCUT2D eigenvalue weighted by Crippen LogP contribution is 2.62. The van der Waals surface area contributed by atoms with E-state index in [1.807, 2.05) is 0 Å². The Bertz CT molecular complexity index is 596. The molecule has 1 heterocycles. The Morgan fingerprint density at radius 2 is 1.62 bits per heavy atom. The molecule has 0 amide bonds. The Kier molecular flexibility index (Phi) is 6.07. The summed E-state index contributed by atoms with van der Waals surface area (Å²) in [5.74, 6) is 0.292. The Morgan fingerprint density at radius 3 is 2.08 bits per heavy atom. The quantitative estimate of drug-likeness (QED) is 0.541. The minimum Gasteiger partial charge on any atom is -0.497 e. The average Bonchev–Trinajstić information content (AvgIpc) is 2.88. The van der Waals surface area contributed by atoms with Gasteiger partial charge in [0, 0.05) is 0 Å². The summed E-state index contributed by atoms with van der Waals surface area (Å²) in [7, 11) is -1.96. The molecule has 0 unspecified atom stereocenters. The SMILES string of the molecule is COc1ccc([C@@H]2OC(=O)C[C@H]2P(=O)(OC(C)C)OC(C)C)cc1. The van der Waals surface area contributed by atoms with Crippen LogP contribution in [-0.2, 0) is 23.1 Å². The highest BCUT2D eigenvalue weighted by atomic mass is 31.2. The Balaban J connectivity index is 2.35. The normalized spacial score (nSPS) is 21.4. The fourth-order valence-corrected chi connectivity index (χ4v) is 5.15. The Hall–Kier alpha value is -1.36. The van der Waals surface area contributed by atoms with Gasteiger partial charge in [-0.1, -0.05) is 12.1 Å². The molecule has 0 bridgehead atoms. The van der Waals surface area contributed by atoms with E-state index in [0.717, 1.165) is 5.56 Å². The van der Waals surface area contributed by atoms with Crippen LogP contribution in [0.4, 0.5) is 0 Å². The molecule has 1 aliphatic rings. The Labute approximate surface area is 143 Å². The molecular formula is C17H25O6P. The van der Waals surface area contributed by atoms with Crippen LogP contribution in [0.1, 0.15) is 45.8 Å². The van der Waals surface area contributed by atoms with Gasteiger partial charge in [0.2, 0.25) is 0 Å². The third-order valence-corrected chi connectivity index (χ3v) is 6.25. The lowest BCUT2D eigenvalue weighted by Crippen LogP contribution is -2.21. The largest absolute Gasteiger partial charge is 0.497 e. The molecule has 0 radical (unpaired) electrons. The van der Waals surface area contributed by atoms with Crippen molar-refractivity contribution in [3.05, 3.63) is 29.8 Å². The van der Waals surface area contributed by atoms with E-state index in [-0.39, 0.29) is 18.6 Å². The van der Waals surface area contributed by atoms with Crippen LogP contribution in [-0.4, -0.2) is 30.9 Å². The molecule has 0 aliphatic carbocycles. The monoisotopic (exact) mass is 356 g/mol. The summed E-state index contributed by atoms with van der Waals surface area (Å²) in [6.45, 7) is 7.15. The standard InChI is InChI=1S/C17H25O6P/c1-11(2)22-24(19,23-12(3)4)15-10-16(18)21-17(15)13-6-8-14(20-5)9-7-13/h6-9,11-12,15,17H,10H2,1-5H3/t15-,17+/m1/s1. The summed E-state index contributed by atoms with van der Waals surface area (Å²) >= 11 is 0. The highest BCUT2D eigenvalue weighted by molar-refractivity contribution is 7.54. The van der Waals surface area contributed by atoms with Crippen LogP contribution in [0.15, 0.2) is 24.3 Å². The molecule has 7 heteroatoms. The van der Waals surface area contributed by atoms with E-state index >= 15 is 0 Å². The minimum atomic E-state index is -3.53. The maximum absolute atomic E-state index is 13.4. The molecule has 1 aromatic carbocycles. The zero-order valence-corrected chi connectivity index (χ0v) is 15.6. The first-order valence-electron chi connectivity index (χ1n) is 8.05. The lowest BCUT2D eigenvalue weighted by atomic mass is 10.1. The summed E-state index contributed by atoms with van der Waals surface area (Å²) in [5.41, 5.74) is 0.0785. The van der Waals surface area contributed by atoms with E-state index in [9.17, 15) is 9.36 Å². The second-order valence-electron chi connectivity index (χ2n) is 6.30.